The van der Waals surface area contributed by atoms with Gasteiger partial charge in [-0.25, -0.2) is 0 Å². The molecule has 0 saturated heterocycles. The molecule has 2 heterocycles. The van der Waals surface area contributed by atoms with E-state index in [1.807, 2.05) is 18.2 Å². The first-order valence-corrected chi connectivity index (χ1v) is 8.15. The highest BCUT2D eigenvalue weighted by molar-refractivity contribution is 6.03. The summed E-state index contributed by atoms with van der Waals surface area (Å²) in [6, 6.07) is 13.8. The molecule has 0 spiro atoms. The van der Waals surface area contributed by atoms with E-state index >= 15 is 0 Å². The third-order valence-corrected chi connectivity index (χ3v) is 4.11. The number of hydrogen-bond donors (Lipinski definition) is 2. The van der Waals surface area contributed by atoms with Crippen molar-refractivity contribution in [2.45, 2.75) is 19.3 Å². The zero-order valence-corrected chi connectivity index (χ0v) is 14.0. The van der Waals surface area contributed by atoms with E-state index in [9.17, 15) is 4.79 Å². The summed E-state index contributed by atoms with van der Waals surface area (Å²) in [4.78, 5) is 16.6. The van der Waals surface area contributed by atoms with Crippen LogP contribution in [0.4, 0.5) is 5.88 Å². The van der Waals surface area contributed by atoms with Crippen LogP contribution in [0.3, 0.4) is 0 Å². The summed E-state index contributed by atoms with van der Waals surface area (Å²) in [5.41, 5.74) is 8.38. The Labute approximate surface area is 146 Å². The second-order valence-electron chi connectivity index (χ2n) is 5.87. The highest BCUT2D eigenvalue weighted by Gasteiger charge is 2.22. The average Bonchev–Trinajstić information content (AvgIpc) is 3.04. The van der Waals surface area contributed by atoms with E-state index in [2.05, 4.69) is 34.5 Å². The van der Waals surface area contributed by atoms with Crippen molar-refractivity contribution in [3.63, 3.8) is 0 Å². The van der Waals surface area contributed by atoms with Crippen LogP contribution < -0.4 is 11.1 Å². The molecule has 1 amide bonds. The maximum absolute atomic E-state index is 12.5. The average molecular weight is 336 g/mol. The van der Waals surface area contributed by atoms with E-state index in [-0.39, 0.29) is 17.4 Å². The van der Waals surface area contributed by atoms with Gasteiger partial charge in [-0.05, 0) is 30.0 Å². The quantitative estimate of drug-likeness (QED) is 0.720. The fraction of sp³-hybridized carbons (Fsp3) is 0.211. The molecule has 1 atom stereocenters. The number of nitrogens with one attached hydrogen (secondary N) is 1. The van der Waals surface area contributed by atoms with Crippen molar-refractivity contribution >= 4 is 11.8 Å². The van der Waals surface area contributed by atoms with Gasteiger partial charge in [0.1, 0.15) is 11.3 Å². The lowest BCUT2D eigenvalue weighted by atomic mass is 9.98. The predicted octanol–water partition coefficient (Wildman–Crippen LogP) is 3.24. The minimum atomic E-state index is -0.294. The molecule has 6 nitrogen and oxygen atoms in total. The molecule has 1 unspecified atom stereocenters. The van der Waals surface area contributed by atoms with Gasteiger partial charge in [0.15, 0.2) is 0 Å². The molecule has 3 rings (SSSR count). The van der Waals surface area contributed by atoms with Crippen LogP contribution in [0.15, 0.2) is 59.4 Å². The third-order valence-electron chi connectivity index (χ3n) is 4.11. The van der Waals surface area contributed by atoms with E-state index in [0.717, 1.165) is 6.42 Å². The maximum Gasteiger partial charge on any atom is 0.259 e. The van der Waals surface area contributed by atoms with Crippen LogP contribution in [0.5, 0.6) is 0 Å². The monoisotopic (exact) mass is 336 g/mol. The van der Waals surface area contributed by atoms with E-state index in [4.69, 9.17) is 10.3 Å². The minimum Gasteiger partial charge on any atom is -0.367 e. The Hall–Kier alpha value is -3.15. The molecule has 0 aliphatic heterocycles. The molecule has 128 valence electrons. The zero-order chi connectivity index (χ0) is 17.6. The Balaban J connectivity index is 1.65. The zero-order valence-electron chi connectivity index (χ0n) is 14.0. The van der Waals surface area contributed by atoms with Crippen molar-refractivity contribution in [2.75, 3.05) is 12.3 Å². The normalized spacial score (nSPS) is 11.9. The fourth-order valence-corrected chi connectivity index (χ4v) is 2.66. The number of nitrogens with zero attached hydrogens (tertiary/aromatic N) is 2. The third kappa shape index (κ3) is 3.85. The van der Waals surface area contributed by atoms with Crippen LogP contribution in [0.25, 0.3) is 11.3 Å². The van der Waals surface area contributed by atoms with Crippen molar-refractivity contribution in [1.29, 1.82) is 0 Å². The highest BCUT2D eigenvalue weighted by Crippen LogP contribution is 2.26. The molecule has 1 aromatic carbocycles. The van der Waals surface area contributed by atoms with Crippen LogP contribution >= 0.6 is 0 Å². The van der Waals surface area contributed by atoms with Crippen molar-refractivity contribution in [2.24, 2.45) is 0 Å². The molecule has 3 N–H and O–H groups in total. The van der Waals surface area contributed by atoms with Gasteiger partial charge in [-0.2, -0.15) is 0 Å². The van der Waals surface area contributed by atoms with Gasteiger partial charge < -0.3 is 15.6 Å². The topological polar surface area (TPSA) is 94.0 Å². The summed E-state index contributed by atoms with van der Waals surface area (Å²) >= 11 is 0. The van der Waals surface area contributed by atoms with E-state index in [0.29, 0.717) is 23.7 Å². The van der Waals surface area contributed by atoms with Crippen molar-refractivity contribution < 1.29 is 9.32 Å². The Morgan fingerprint density at radius 2 is 2.04 bits per heavy atom. The minimum absolute atomic E-state index is 0.00691. The maximum atomic E-state index is 12.5. The Kier molecular flexibility index (Phi) is 5.09. The summed E-state index contributed by atoms with van der Waals surface area (Å²) in [5, 5.41) is 6.79. The van der Waals surface area contributed by atoms with Crippen LogP contribution in [0.1, 0.15) is 35.2 Å². The van der Waals surface area contributed by atoms with Gasteiger partial charge in [0.2, 0.25) is 5.88 Å². The molecule has 6 heteroatoms. The van der Waals surface area contributed by atoms with E-state index < -0.39 is 0 Å². The van der Waals surface area contributed by atoms with E-state index in [1.165, 1.54) is 5.56 Å². The fourth-order valence-electron chi connectivity index (χ4n) is 2.66. The summed E-state index contributed by atoms with van der Waals surface area (Å²) in [6.07, 6.45) is 4.09. The number of rotatable bonds is 6. The van der Waals surface area contributed by atoms with Gasteiger partial charge in [0.05, 0.1) is 0 Å². The molecule has 0 aliphatic rings. The van der Waals surface area contributed by atoms with Gasteiger partial charge in [-0.3, -0.25) is 9.78 Å². The van der Waals surface area contributed by atoms with Gasteiger partial charge in [0, 0.05) is 24.5 Å². The molecule has 0 aliphatic carbocycles. The van der Waals surface area contributed by atoms with Crippen LogP contribution in [-0.2, 0) is 0 Å². The molecule has 3 aromatic rings. The van der Waals surface area contributed by atoms with Gasteiger partial charge in [-0.1, -0.05) is 42.4 Å². The Morgan fingerprint density at radius 1 is 1.24 bits per heavy atom. The number of nitrogen functional groups attached to an aromatic ring is 1. The Bertz CT molecular complexity index is 831. The second-order valence-corrected chi connectivity index (χ2v) is 5.87. The van der Waals surface area contributed by atoms with Crippen molar-refractivity contribution in [3.05, 3.63) is 66.0 Å². The highest BCUT2D eigenvalue weighted by atomic mass is 16.5. The van der Waals surface area contributed by atoms with Gasteiger partial charge >= 0.3 is 0 Å². The lowest BCUT2D eigenvalue weighted by Gasteiger charge is -2.12. The van der Waals surface area contributed by atoms with Crippen molar-refractivity contribution in [1.82, 2.24) is 15.5 Å². The molecule has 0 saturated carbocycles. The molecule has 25 heavy (non-hydrogen) atoms. The first-order valence-electron chi connectivity index (χ1n) is 8.15. The summed E-state index contributed by atoms with van der Waals surface area (Å²) in [7, 11) is 0. The van der Waals surface area contributed by atoms with Crippen LogP contribution in [0, 0.1) is 0 Å². The number of nitrogens with two attached hydrogens (primary N) is 1. The SMILES string of the molecule is CC(CCNC(=O)c1c(-c2cccnc2)noc1N)c1ccccc1. The van der Waals surface area contributed by atoms with Crippen LogP contribution in [0.2, 0.25) is 0 Å². The lowest BCUT2D eigenvalue weighted by Crippen LogP contribution is -2.26. The van der Waals surface area contributed by atoms with E-state index in [1.54, 1.807) is 24.5 Å². The number of carbonyl (C=O) groups is 1. The van der Waals surface area contributed by atoms with Crippen LogP contribution in [-0.4, -0.2) is 22.6 Å². The molecular formula is C19H20N4O2. The summed E-state index contributed by atoms with van der Waals surface area (Å²) in [5.74, 6) is 0.0597. The summed E-state index contributed by atoms with van der Waals surface area (Å²) in [6.45, 7) is 2.67. The van der Waals surface area contributed by atoms with Gasteiger partial charge in [0.25, 0.3) is 5.91 Å². The number of amides is 1. The number of hydrogen-bond acceptors (Lipinski definition) is 5. The first-order chi connectivity index (χ1) is 12.2. The number of aromatic nitrogens is 2. The largest absolute Gasteiger partial charge is 0.367 e. The number of pyridine rings is 1. The number of anilines is 1. The Morgan fingerprint density at radius 3 is 2.76 bits per heavy atom. The van der Waals surface area contributed by atoms with Gasteiger partial charge in [-0.15, -0.1) is 0 Å². The first kappa shape index (κ1) is 16.7. The smallest absolute Gasteiger partial charge is 0.259 e. The van der Waals surface area contributed by atoms with Crippen molar-refractivity contribution in [3.8, 4) is 11.3 Å². The molecule has 0 bridgehead atoms. The number of benzene rings is 1. The molecule has 2 aromatic heterocycles. The number of carbonyl (C=O) groups excluding carboxylic acids is 1. The predicted molar refractivity (Wildman–Crippen MR) is 96.0 cm³/mol. The standard InChI is InChI=1S/C19H20N4O2/c1-13(14-6-3-2-4-7-14)9-11-22-19(24)16-17(23-25-18(16)20)15-8-5-10-21-12-15/h2-8,10,12-13H,9,11,20H2,1H3,(H,22,24). The summed E-state index contributed by atoms with van der Waals surface area (Å²) < 4.78 is 5.01. The molecular weight excluding hydrogens is 316 g/mol. The molecule has 0 fully saturated rings. The second kappa shape index (κ2) is 7.61. The lowest BCUT2D eigenvalue weighted by molar-refractivity contribution is 0.0954. The molecule has 0 radical (unpaired) electrons.